The first-order chi connectivity index (χ1) is 7.77. The second-order valence-corrected chi connectivity index (χ2v) is 3.53. The Balaban J connectivity index is 0. The zero-order valence-corrected chi connectivity index (χ0v) is 10.5. The van der Waals surface area contributed by atoms with Gasteiger partial charge >= 0.3 is 5.97 Å². The molecule has 1 aromatic carbocycles. The maximum Gasteiger partial charge on any atom is 0.335 e. The Hall–Kier alpha value is -1.88. The molecule has 0 bridgehead atoms. The standard InChI is InChI=1S/C7H6O2.C3H9N.C2H4O2/c8-7(9)6-4-2-1-3-5-6;1-4(2)3;1-2(3)4/h1-5H,(H,8,9);1-3H3;1H3,(H,3,4). The predicted octanol–water partition coefficient (Wildman–Crippen LogP) is 1.65. The number of hydrogen-bond donors (Lipinski definition) is 2. The van der Waals surface area contributed by atoms with E-state index < -0.39 is 11.9 Å². The molecule has 0 spiro atoms. The molecule has 0 aliphatic heterocycles. The van der Waals surface area contributed by atoms with Crippen LogP contribution < -0.4 is 0 Å². The minimum Gasteiger partial charge on any atom is -0.481 e. The van der Waals surface area contributed by atoms with Gasteiger partial charge in [0.15, 0.2) is 0 Å². The van der Waals surface area contributed by atoms with Gasteiger partial charge < -0.3 is 15.1 Å². The van der Waals surface area contributed by atoms with Gasteiger partial charge in [-0.3, -0.25) is 4.79 Å². The first-order valence-electron chi connectivity index (χ1n) is 4.86. The lowest BCUT2D eigenvalue weighted by atomic mass is 10.2. The Morgan fingerprint density at radius 3 is 1.47 bits per heavy atom. The average Bonchev–Trinajstić information content (AvgIpc) is 2.17. The van der Waals surface area contributed by atoms with Crippen molar-refractivity contribution in [1.29, 1.82) is 0 Å². The van der Waals surface area contributed by atoms with Gasteiger partial charge in [-0.05, 0) is 33.3 Å². The molecule has 0 amide bonds. The number of carboxylic acids is 2. The van der Waals surface area contributed by atoms with Gasteiger partial charge in [0.1, 0.15) is 0 Å². The van der Waals surface area contributed by atoms with Crippen LogP contribution in [0.1, 0.15) is 17.3 Å². The molecule has 0 aromatic heterocycles. The lowest BCUT2D eigenvalue weighted by Crippen LogP contribution is -1.99. The van der Waals surface area contributed by atoms with Crippen molar-refractivity contribution in [1.82, 2.24) is 4.90 Å². The van der Waals surface area contributed by atoms with Gasteiger partial charge in [0.25, 0.3) is 5.97 Å². The fourth-order valence-corrected chi connectivity index (χ4v) is 0.581. The number of benzene rings is 1. The van der Waals surface area contributed by atoms with E-state index in [2.05, 4.69) is 0 Å². The Bertz CT molecular complexity index is 316. The number of aliphatic carboxylic acids is 1. The zero-order chi connectivity index (χ0) is 13.8. The van der Waals surface area contributed by atoms with E-state index >= 15 is 0 Å². The number of hydrogen-bond acceptors (Lipinski definition) is 3. The first kappa shape index (κ1) is 17.5. The van der Waals surface area contributed by atoms with Crippen LogP contribution in [0.25, 0.3) is 0 Å². The van der Waals surface area contributed by atoms with E-state index in [0.29, 0.717) is 5.56 Å². The van der Waals surface area contributed by atoms with Crippen LogP contribution in [0.3, 0.4) is 0 Å². The molecule has 17 heavy (non-hydrogen) atoms. The van der Waals surface area contributed by atoms with Crippen molar-refractivity contribution in [3.63, 3.8) is 0 Å². The number of carboxylic acid groups (broad SMARTS) is 2. The second kappa shape index (κ2) is 10.6. The second-order valence-electron chi connectivity index (χ2n) is 3.53. The Kier molecular flexibility index (Phi) is 11.0. The molecule has 0 aliphatic rings. The average molecular weight is 241 g/mol. The lowest BCUT2D eigenvalue weighted by Gasteiger charge is -1.90. The fraction of sp³-hybridized carbons (Fsp3) is 0.333. The van der Waals surface area contributed by atoms with Crippen molar-refractivity contribution in [2.45, 2.75) is 6.92 Å². The van der Waals surface area contributed by atoms with Crippen LogP contribution >= 0.6 is 0 Å². The highest BCUT2D eigenvalue weighted by Gasteiger charge is 1.96. The van der Waals surface area contributed by atoms with E-state index in [-0.39, 0.29) is 0 Å². The maximum absolute atomic E-state index is 10.2. The topological polar surface area (TPSA) is 77.8 Å². The highest BCUT2D eigenvalue weighted by atomic mass is 16.4. The normalized spacial score (nSPS) is 8.29. The van der Waals surface area contributed by atoms with E-state index in [1.807, 2.05) is 26.0 Å². The largest absolute Gasteiger partial charge is 0.481 e. The summed E-state index contributed by atoms with van der Waals surface area (Å²) in [5.41, 5.74) is 0.331. The summed E-state index contributed by atoms with van der Waals surface area (Å²) in [7, 11) is 6.00. The molecule has 0 aliphatic carbocycles. The molecule has 0 atom stereocenters. The highest BCUT2D eigenvalue weighted by Crippen LogP contribution is 1.96. The highest BCUT2D eigenvalue weighted by molar-refractivity contribution is 5.87. The number of aromatic carboxylic acids is 1. The third-order valence-corrected chi connectivity index (χ3v) is 1.02. The van der Waals surface area contributed by atoms with Crippen LogP contribution in [0.15, 0.2) is 30.3 Å². The van der Waals surface area contributed by atoms with Crippen LogP contribution in [0, 0.1) is 0 Å². The van der Waals surface area contributed by atoms with E-state index in [0.717, 1.165) is 6.92 Å². The third-order valence-electron chi connectivity index (χ3n) is 1.02. The molecule has 0 heterocycles. The van der Waals surface area contributed by atoms with E-state index in [1.54, 1.807) is 30.3 Å². The summed E-state index contributed by atoms with van der Waals surface area (Å²) in [4.78, 5) is 21.2. The van der Waals surface area contributed by atoms with Crippen LogP contribution in [0.4, 0.5) is 0 Å². The van der Waals surface area contributed by atoms with Gasteiger partial charge in [-0.15, -0.1) is 0 Å². The van der Waals surface area contributed by atoms with E-state index in [4.69, 9.17) is 15.0 Å². The van der Waals surface area contributed by atoms with Crippen molar-refractivity contribution in [3.05, 3.63) is 35.9 Å². The monoisotopic (exact) mass is 241 g/mol. The van der Waals surface area contributed by atoms with Gasteiger partial charge in [-0.25, -0.2) is 4.79 Å². The Morgan fingerprint density at radius 2 is 1.29 bits per heavy atom. The predicted molar refractivity (Wildman–Crippen MR) is 66.3 cm³/mol. The van der Waals surface area contributed by atoms with Crippen LogP contribution in [-0.4, -0.2) is 48.2 Å². The maximum atomic E-state index is 10.2. The number of carbonyl (C=O) groups is 2. The molecule has 1 rings (SSSR count). The fourth-order valence-electron chi connectivity index (χ4n) is 0.581. The minimum absolute atomic E-state index is 0.331. The third kappa shape index (κ3) is 20.3. The summed E-state index contributed by atoms with van der Waals surface area (Å²) < 4.78 is 0. The van der Waals surface area contributed by atoms with Gasteiger partial charge in [0.2, 0.25) is 0 Å². The van der Waals surface area contributed by atoms with Crippen LogP contribution in [-0.2, 0) is 4.79 Å². The summed E-state index contributed by atoms with van der Waals surface area (Å²) in [5.74, 6) is -1.71. The minimum atomic E-state index is -0.879. The molecule has 0 fully saturated rings. The summed E-state index contributed by atoms with van der Waals surface area (Å²) in [6.45, 7) is 1.08. The molecule has 0 unspecified atom stereocenters. The zero-order valence-electron chi connectivity index (χ0n) is 10.5. The molecule has 0 saturated carbocycles. The van der Waals surface area contributed by atoms with Gasteiger partial charge in [-0.2, -0.15) is 0 Å². The molecule has 5 nitrogen and oxygen atoms in total. The van der Waals surface area contributed by atoms with Crippen molar-refractivity contribution < 1.29 is 19.8 Å². The van der Waals surface area contributed by atoms with Gasteiger partial charge in [0.05, 0.1) is 5.56 Å². The van der Waals surface area contributed by atoms with Crippen molar-refractivity contribution >= 4 is 11.9 Å². The van der Waals surface area contributed by atoms with Crippen LogP contribution in [0.2, 0.25) is 0 Å². The summed E-state index contributed by atoms with van der Waals surface area (Å²) in [6, 6.07) is 8.30. The molecule has 96 valence electrons. The smallest absolute Gasteiger partial charge is 0.335 e. The molecule has 0 radical (unpaired) electrons. The quantitative estimate of drug-likeness (QED) is 0.781. The van der Waals surface area contributed by atoms with Crippen molar-refractivity contribution in [3.8, 4) is 0 Å². The lowest BCUT2D eigenvalue weighted by molar-refractivity contribution is -0.134. The van der Waals surface area contributed by atoms with Gasteiger partial charge in [-0.1, -0.05) is 18.2 Å². The molecular weight excluding hydrogens is 222 g/mol. The van der Waals surface area contributed by atoms with E-state index in [9.17, 15) is 4.79 Å². The van der Waals surface area contributed by atoms with Crippen molar-refractivity contribution in [2.24, 2.45) is 0 Å². The molecule has 1 aromatic rings. The molecular formula is C12H19NO4. The van der Waals surface area contributed by atoms with E-state index in [1.165, 1.54) is 0 Å². The van der Waals surface area contributed by atoms with Crippen molar-refractivity contribution in [2.75, 3.05) is 21.1 Å². The number of rotatable bonds is 1. The Morgan fingerprint density at radius 1 is 1.00 bits per heavy atom. The van der Waals surface area contributed by atoms with Gasteiger partial charge in [0, 0.05) is 6.92 Å². The molecule has 0 saturated heterocycles. The summed E-state index contributed by atoms with van der Waals surface area (Å²) >= 11 is 0. The van der Waals surface area contributed by atoms with Crippen LogP contribution in [0.5, 0.6) is 0 Å². The molecule has 5 heteroatoms. The summed E-state index contributed by atoms with van der Waals surface area (Å²) in [6.07, 6.45) is 0. The summed E-state index contributed by atoms with van der Waals surface area (Å²) in [5, 5.41) is 15.8. The number of nitrogens with zero attached hydrogens (tertiary/aromatic N) is 1. The Labute approximate surface area is 101 Å². The molecule has 2 N–H and O–H groups in total. The first-order valence-corrected chi connectivity index (χ1v) is 4.86. The SMILES string of the molecule is CC(=O)O.CN(C)C.O=C(O)c1ccccc1.